The number of amides is 1. The van der Waals surface area contributed by atoms with Crippen LogP contribution in [0.1, 0.15) is 44.1 Å². The molecule has 8 heteroatoms. The minimum Gasteiger partial charge on any atom is -0.352 e. The topological polar surface area (TPSA) is 92.2 Å². The standard InChI is InChI=1S/C27H32N6O2/c1-17-6-2-3-11-22(17)23-12-20-13-28-27(31-32-14-18-7-4-8-19(18)15-32)30-25(20)33(26(23)35)16-24(34)29-21-9-5-10-21/h2-3,6,11-13,18-19,21H,4-5,7-10,14-16H2,1H3,(H,29,34)(H,28,30,31). The maximum absolute atomic E-state index is 13.7. The highest BCUT2D eigenvalue weighted by molar-refractivity contribution is 5.84. The molecule has 3 aliphatic rings. The molecule has 1 aliphatic heterocycles. The Labute approximate surface area is 204 Å². The van der Waals surface area contributed by atoms with Gasteiger partial charge in [0.25, 0.3) is 5.56 Å². The number of aromatic nitrogens is 3. The van der Waals surface area contributed by atoms with E-state index in [1.165, 1.54) is 23.8 Å². The fraction of sp³-hybridized carbons (Fsp3) is 0.481. The minimum atomic E-state index is -0.212. The highest BCUT2D eigenvalue weighted by Crippen LogP contribution is 2.37. The molecule has 3 heterocycles. The van der Waals surface area contributed by atoms with E-state index in [1.807, 2.05) is 37.3 Å². The van der Waals surface area contributed by atoms with E-state index in [-0.39, 0.29) is 24.1 Å². The van der Waals surface area contributed by atoms with Crippen LogP contribution in [0.25, 0.3) is 22.2 Å². The van der Waals surface area contributed by atoms with Gasteiger partial charge >= 0.3 is 0 Å². The van der Waals surface area contributed by atoms with E-state index in [1.54, 1.807) is 6.20 Å². The van der Waals surface area contributed by atoms with E-state index in [4.69, 9.17) is 4.98 Å². The monoisotopic (exact) mass is 472 g/mol. The number of pyridine rings is 1. The highest BCUT2D eigenvalue weighted by Gasteiger charge is 2.36. The number of fused-ring (bicyclic) bond motifs is 2. The van der Waals surface area contributed by atoms with Crippen molar-refractivity contribution >= 4 is 22.9 Å². The van der Waals surface area contributed by atoms with Gasteiger partial charge in [-0.3, -0.25) is 19.6 Å². The molecular weight excluding hydrogens is 440 g/mol. The van der Waals surface area contributed by atoms with Gasteiger partial charge in [0.1, 0.15) is 12.2 Å². The van der Waals surface area contributed by atoms with Gasteiger partial charge in [-0.05, 0) is 68.1 Å². The number of rotatable bonds is 6. The minimum absolute atomic E-state index is 0.0597. The number of carbonyl (C=O) groups is 1. The van der Waals surface area contributed by atoms with Crippen molar-refractivity contribution in [2.24, 2.45) is 11.8 Å². The molecule has 0 spiro atoms. The number of anilines is 1. The first kappa shape index (κ1) is 22.2. The van der Waals surface area contributed by atoms with Gasteiger partial charge in [0.05, 0.1) is 0 Å². The fourth-order valence-corrected chi connectivity index (χ4v) is 5.86. The molecule has 8 nitrogen and oxygen atoms in total. The zero-order valence-corrected chi connectivity index (χ0v) is 20.2. The van der Waals surface area contributed by atoms with E-state index in [2.05, 4.69) is 20.7 Å². The van der Waals surface area contributed by atoms with Crippen LogP contribution in [0.15, 0.2) is 41.3 Å². The van der Waals surface area contributed by atoms with Gasteiger partial charge in [-0.15, -0.1) is 0 Å². The Balaban J connectivity index is 1.37. The molecule has 2 unspecified atom stereocenters. The average Bonchev–Trinajstić information content (AvgIpc) is 3.41. The summed E-state index contributed by atoms with van der Waals surface area (Å²) in [5.74, 6) is 1.80. The van der Waals surface area contributed by atoms with Crippen molar-refractivity contribution in [3.63, 3.8) is 0 Å². The van der Waals surface area contributed by atoms with Crippen molar-refractivity contribution in [1.29, 1.82) is 0 Å². The Kier molecular flexibility index (Phi) is 5.76. The van der Waals surface area contributed by atoms with Crippen LogP contribution in [-0.2, 0) is 11.3 Å². The van der Waals surface area contributed by atoms with E-state index in [0.29, 0.717) is 17.2 Å². The first-order valence-electron chi connectivity index (χ1n) is 12.8. The molecule has 3 fully saturated rings. The van der Waals surface area contributed by atoms with Crippen LogP contribution >= 0.6 is 0 Å². The maximum Gasteiger partial charge on any atom is 0.260 e. The zero-order chi connectivity index (χ0) is 23.9. The van der Waals surface area contributed by atoms with E-state index < -0.39 is 0 Å². The number of hydrogen-bond acceptors (Lipinski definition) is 6. The van der Waals surface area contributed by atoms with Gasteiger partial charge in [-0.2, -0.15) is 4.98 Å². The Bertz CT molecular complexity index is 1320. The summed E-state index contributed by atoms with van der Waals surface area (Å²) in [6, 6.07) is 9.88. The van der Waals surface area contributed by atoms with Gasteiger partial charge in [-0.1, -0.05) is 30.7 Å². The Morgan fingerprint density at radius 2 is 1.80 bits per heavy atom. The third-order valence-electron chi connectivity index (χ3n) is 8.02. The van der Waals surface area contributed by atoms with Crippen LogP contribution in [0, 0.1) is 18.8 Å². The van der Waals surface area contributed by atoms with Crippen molar-refractivity contribution in [2.45, 2.75) is 58.0 Å². The van der Waals surface area contributed by atoms with Crippen molar-refractivity contribution < 1.29 is 4.79 Å². The number of aryl methyl sites for hydroxylation is 1. The maximum atomic E-state index is 13.7. The highest BCUT2D eigenvalue weighted by atomic mass is 16.2. The van der Waals surface area contributed by atoms with Gasteiger partial charge in [0, 0.05) is 36.3 Å². The van der Waals surface area contributed by atoms with E-state index in [9.17, 15) is 9.59 Å². The molecule has 3 aromatic rings. The number of benzene rings is 1. The summed E-state index contributed by atoms with van der Waals surface area (Å²) in [5.41, 5.74) is 6.06. The second-order valence-electron chi connectivity index (χ2n) is 10.4. The van der Waals surface area contributed by atoms with Gasteiger partial charge in [0.2, 0.25) is 11.9 Å². The number of carbonyl (C=O) groups excluding carboxylic acids is 1. The van der Waals surface area contributed by atoms with Crippen molar-refractivity contribution in [1.82, 2.24) is 24.9 Å². The average molecular weight is 473 g/mol. The third kappa shape index (κ3) is 4.31. The first-order valence-corrected chi connectivity index (χ1v) is 12.8. The van der Waals surface area contributed by atoms with Crippen LogP contribution in [0.4, 0.5) is 5.95 Å². The van der Waals surface area contributed by atoms with Crippen molar-refractivity contribution in [2.75, 3.05) is 18.5 Å². The molecule has 2 atom stereocenters. The molecule has 35 heavy (non-hydrogen) atoms. The lowest BCUT2D eigenvalue weighted by Crippen LogP contribution is -2.42. The molecule has 182 valence electrons. The Morgan fingerprint density at radius 1 is 1.06 bits per heavy atom. The van der Waals surface area contributed by atoms with Gasteiger partial charge in [0.15, 0.2) is 0 Å². The summed E-state index contributed by atoms with van der Waals surface area (Å²) in [6.45, 7) is 3.92. The summed E-state index contributed by atoms with van der Waals surface area (Å²) in [6.07, 6.45) is 8.79. The molecular formula is C27H32N6O2. The number of hydrogen-bond donors (Lipinski definition) is 2. The third-order valence-corrected chi connectivity index (χ3v) is 8.02. The largest absolute Gasteiger partial charge is 0.352 e. The lowest BCUT2D eigenvalue weighted by molar-refractivity contribution is -0.122. The van der Waals surface area contributed by atoms with Crippen LogP contribution in [-0.4, -0.2) is 44.6 Å². The molecule has 1 amide bonds. The molecule has 2 aliphatic carbocycles. The Morgan fingerprint density at radius 3 is 2.51 bits per heavy atom. The molecule has 1 saturated heterocycles. The predicted molar refractivity (Wildman–Crippen MR) is 136 cm³/mol. The normalized spacial score (nSPS) is 22.2. The van der Waals surface area contributed by atoms with Crippen LogP contribution in [0.5, 0.6) is 0 Å². The summed E-state index contributed by atoms with van der Waals surface area (Å²) < 4.78 is 1.51. The molecule has 0 radical (unpaired) electrons. The molecule has 2 aromatic heterocycles. The summed E-state index contributed by atoms with van der Waals surface area (Å²) in [4.78, 5) is 35.9. The van der Waals surface area contributed by atoms with E-state index in [0.717, 1.165) is 60.7 Å². The lowest BCUT2D eigenvalue weighted by atomic mass is 9.93. The number of nitrogens with zero attached hydrogens (tertiary/aromatic N) is 4. The Hall–Kier alpha value is -3.26. The molecule has 1 aromatic carbocycles. The predicted octanol–water partition coefficient (Wildman–Crippen LogP) is 3.49. The second-order valence-corrected chi connectivity index (χ2v) is 10.4. The summed E-state index contributed by atoms with van der Waals surface area (Å²) in [5, 5.41) is 5.99. The molecule has 2 saturated carbocycles. The summed E-state index contributed by atoms with van der Waals surface area (Å²) in [7, 11) is 0. The quantitative estimate of drug-likeness (QED) is 0.571. The van der Waals surface area contributed by atoms with Gasteiger partial charge in [-0.25, -0.2) is 9.99 Å². The molecule has 0 bridgehead atoms. The fourth-order valence-electron chi connectivity index (χ4n) is 5.86. The second kappa shape index (κ2) is 9.07. The van der Waals surface area contributed by atoms with Crippen molar-refractivity contribution in [3.05, 3.63) is 52.4 Å². The summed E-state index contributed by atoms with van der Waals surface area (Å²) >= 11 is 0. The smallest absolute Gasteiger partial charge is 0.260 e. The molecule has 2 N–H and O–H groups in total. The SMILES string of the molecule is Cc1ccccc1-c1cc2cnc(NN3CC4CCCC4C3)nc2n(CC(=O)NC2CCC2)c1=O. The van der Waals surface area contributed by atoms with Crippen molar-refractivity contribution in [3.8, 4) is 11.1 Å². The zero-order valence-electron chi connectivity index (χ0n) is 20.2. The molecule has 6 rings (SSSR count). The van der Waals surface area contributed by atoms with Crippen LogP contribution < -0.4 is 16.3 Å². The van der Waals surface area contributed by atoms with Crippen LogP contribution in [0.2, 0.25) is 0 Å². The number of hydrazine groups is 1. The van der Waals surface area contributed by atoms with Crippen LogP contribution in [0.3, 0.4) is 0 Å². The first-order chi connectivity index (χ1) is 17.0. The van der Waals surface area contributed by atoms with Gasteiger partial charge < -0.3 is 5.32 Å². The van der Waals surface area contributed by atoms with E-state index >= 15 is 0 Å². The lowest BCUT2D eigenvalue weighted by Gasteiger charge is -2.26. The number of nitrogens with one attached hydrogen (secondary N) is 2.